The molecule has 0 aliphatic heterocycles. The predicted octanol–water partition coefficient (Wildman–Crippen LogP) is 3.80. The Morgan fingerprint density at radius 3 is 2.19 bits per heavy atom. The molecule has 1 N–H and O–H groups in total. The molecule has 1 heterocycles. The standard InChI is InChI=1S/C21H25N3O2/c1-20(2,3)21(25,13-24-16-22-15-23-24)14-26-19-11-9-18(10-12-19)17-7-5-4-6-8-17/h4-12,15-16,25H,13-14H2,1-3H3. The van der Waals surface area contributed by atoms with E-state index in [1.165, 1.54) is 6.33 Å². The van der Waals surface area contributed by atoms with E-state index in [9.17, 15) is 5.11 Å². The molecule has 0 bridgehead atoms. The van der Waals surface area contributed by atoms with Crippen molar-refractivity contribution in [1.29, 1.82) is 0 Å². The van der Waals surface area contributed by atoms with Gasteiger partial charge >= 0.3 is 0 Å². The second-order valence-corrected chi connectivity index (χ2v) is 7.55. The molecule has 1 unspecified atom stereocenters. The maximum atomic E-state index is 11.2. The fourth-order valence-corrected chi connectivity index (χ4v) is 2.66. The van der Waals surface area contributed by atoms with Gasteiger partial charge in [-0.25, -0.2) is 9.67 Å². The largest absolute Gasteiger partial charge is 0.490 e. The normalized spacial score (nSPS) is 14.0. The zero-order valence-corrected chi connectivity index (χ0v) is 15.5. The van der Waals surface area contributed by atoms with Crippen LogP contribution in [0.15, 0.2) is 67.3 Å². The van der Waals surface area contributed by atoms with E-state index in [-0.39, 0.29) is 12.0 Å². The summed E-state index contributed by atoms with van der Waals surface area (Å²) in [5.74, 6) is 0.728. The minimum absolute atomic E-state index is 0.168. The summed E-state index contributed by atoms with van der Waals surface area (Å²) >= 11 is 0. The number of benzene rings is 2. The summed E-state index contributed by atoms with van der Waals surface area (Å²) < 4.78 is 7.56. The highest BCUT2D eigenvalue weighted by Gasteiger charge is 2.41. The Balaban J connectivity index is 1.71. The van der Waals surface area contributed by atoms with Gasteiger partial charge in [-0.2, -0.15) is 5.10 Å². The molecular formula is C21H25N3O2. The molecule has 2 aromatic carbocycles. The highest BCUT2D eigenvalue weighted by molar-refractivity contribution is 5.63. The molecule has 3 aromatic rings. The Bertz CT molecular complexity index is 809. The first kappa shape index (κ1) is 18.1. The number of aliphatic hydroxyl groups is 1. The van der Waals surface area contributed by atoms with E-state index >= 15 is 0 Å². The second kappa shape index (κ2) is 7.30. The summed E-state index contributed by atoms with van der Waals surface area (Å²) in [5, 5.41) is 15.3. The number of hydrogen-bond acceptors (Lipinski definition) is 4. The van der Waals surface area contributed by atoms with E-state index in [2.05, 4.69) is 22.2 Å². The lowest BCUT2D eigenvalue weighted by Crippen LogP contribution is -2.51. The van der Waals surface area contributed by atoms with Crippen LogP contribution >= 0.6 is 0 Å². The fourth-order valence-electron chi connectivity index (χ4n) is 2.66. The molecular weight excluding hydrogens is 326 g/mol. The third kappa shape index (κ3) is 4.11. The third-order valence-electron chi connectivity index (χ3n) is 4.73. The van der Waals surface area contributed by atoms with E-state index in [0.29, 0.717) is 6.54 Å². The minimum atomic E-state index is -1.08. The van der Waals surface area contributed by atoms with Crippen molar-refractivity contribution in [3.05, 3.63) is 67.3 Å². The highest BCUT2D eigenvalue weighted by atomic mass is 16.5. The Morgan fingerprint density at radius 2 is 1.62 bits per heavy atom. The topological polar surface area (TPSA) is 60.2 Å². The van der Waals surface area contributed by atoms with Crippen LogP contribution in [0.1, 0.15) is 20.8 Å². The van der Waals surface area contributed by atoms with Crippen molar-refractivity contribution in [1.82, 2.24) is 14.8 Å². The maximum Gasteiger partial charge on any atom is 0.137 e. The summed E-state index contributed by atoms with van der Waals surface area (Å²) in [5.41, 5.74) is 0.824. The quantitative estimate of drug-likeness (QED) is 0.734. The highest BCUT2D eigenvalue weighted by Crippen LogP contribution is 2.33. The molecule has 0 spiro atoms. The first-order valence-electron chi connectivity index (χ1n) is 8.70. The van der Waals surface area contributed by atoms with Crippen molar-refractivity contribution in [3.8, 4) is 16.9 Å². The van der Waals surface area contributed by atoms with Gasteiger partial charge in [0.05, 0.1) is 6.54 Å². The van der Waals surface area contributed by atoms with Crippen LogP contribution in [0, 0.1) is 5.41 Å². The van der Waals surface area contributed by atoms with Crippen LogP contribution < -0.4 is 4.74 Å². The SMILES string of the molecule is CC(C)(C)C(O)(COc1ccc(-c2ccccc2)cc1)Cn1cncn1. The zero-order chi connectivity index (χ0) is 18.6. The van der Waals surface area contributed by atoms with Crippen LogP contribution in [-0.2, 0) is 6.54 Å². The van der Waals surface area contributed by atoms with Gasteiger partial charge in [0.15, 0.2) is 0 Å². The Labute approximate surface area is 154 Å². The van der Waals surface area contributed by atoms with Crippen molar-refractivity contribution in [2.75, 3.05) is 6.61 Å². The number of nitrogens with zero attached hydrogens (tertiary/aromatic N) is 3. The molecule has 26 heavy (non-hydrogen) atoms. The summed E-state index contributed by atoms with van der Waals surface area (Å²) in [6.07, 6.45) is 3.07. The van der Waals surface area contributed by atoms with Gasteiger partial charge in [-0.3, -0.25) is 0 Å². The Kier molecular flexibility index (Phi) is 5.09. The van der Waals surface area contributed by atoms with Gasteiger partial charge < -0.3 is 9.84 Å². The molecule has 5 heteroatoms. The van der Waals surface area contributed by atoms with Crippen molar-refractivity contribution in [2.24, 2.45) is 5.41 Å². The molecule has 0 amide bonds. The van der Waals surface area contributed by atoms with Crippen molar-refractivity contribution in [2.45, 2.75) is 32.9 Å². The molecule has 136 valence electrons. The molecule has 0 aliphatic carbocycles. The Morgan fingerprint density at radius 1 is 0.962 bits per heavy atom. The van der Waals surface area contributed by atoms with E-state index in [1.807, 2.05) is 63.2 Å². The first-order valence-corrected chi connectivity index (χ1v) is 8.70. The van der Waals surface area contributed by atoms with Crippen LogP contribution in [-0.4, -0.2) is 32.1 Å². The van der Waals surface area contributed by atoms with Crippen LogP contribution in [0.2, 0.25) is 0 Å². The van der Waals surface area contributed by atoms with Crippen LogP contribution in [0.25, 0.3) is 11.1 Å². The van der Waals surface area contributed by atoms with Crippen LogP contribution in [0.3, 0.4) is 0 Å². The lowest BCUT2D eigenvalue weighted by molar-refractivity contribution is -0.101. The Hall–Kier alpha value is -2.66. The molecule has 0 radical (unpaired) electrons. The van der Waals surface area contributed by atoms with Crippen molar-refractivity contribution < 1.29 is 9.84 Å². The second-order valence-electron chi connectivity index (χ2n) is 7.55. The molecule has 0 saturated heterocycles. The molecule has 0 saturated carbocycles. The lowest BCUT2D eigenvalue weighted by Gasteiger charge is -2.39. The lowest BCUT2D eigenvalue weighted by atomic mass is 9.77. The smallest absolute Gasteiger partial charge is 0.137 e. The van der Waals surface area contributed by atoms with E-state index in [4.69, 9.17) is 4.74 Å². The average molecular weight is 351 g/mol. The summed E-state index contributed by atoms with van der Waals surface area (Å²) in [7, 11) is 0. The predicted molar refractivity (Wildman–Crippen MR) is 102 cm³/mol. The van der Waals surface area contributed by atoms with Gasteiger partial charge in [-0.05, 0) is 28.7 Å². The number of hydrogen-bond donors (Lipinski definition) is 1. The minimum Gasteiger partial charge on any atom is -0.490 e. The maximum absolute atomic E-state index is 11.2. The van der Waals surface area contributed by atoms with Gasteiger partial charge in [0.2, 0.25) is 0 Å². The first-order chi connectivity index (χ1) is 12.4. The fraction of sp³-hybridized carbons (Fsp3) is 0.333. The molecule has 1 aromatic heterocycles. The van der Waals surface area contributed by atoms with Crippen molar-refractivity contribution in [3.63, 3.8) is 0 Å². The molecule has 0 fully saturated rings. The van der Waals surface area contributed by atoms with E-state index < -0.39 is 5.60 Å². The summed E-state index contributed by atoms with van der Waals surface area (Å²) in [6.45, 7) is 6.46. The number of ether oxygens (including phenoxy) is 1. The third-order valence-corrected chi connectivity index (χ3v) is 4.73. The molecule has 1 atom stereocenters. The van der Waals surface area contributed by atoms with E-state index in [1.54, 1.807) is 11.0 Å². The van der Waals surface area contributed by atoms with Gasteiger partial charge in [0, 0.05) is 0 Å². The zero-order valence-electron chi connectivity index (χ0n) is 15.5. The van der Waals surface area contributed by atoms with Crippen LogP contribution in [0.5, 0.6) is 5.75 Å². The van der Waals surface area contributed by atoms with Gasteiger partial charge in [0.25, 0.3) is 0 Å². The molecule has 0 aliphatic rings. The van der Waals surface area contributed by atoms with Gasteiger partial charge in [0.1, 0.15) is 30.6 Å². The number of rotatable bonds is 6. The average Bonchev–Trinajstić information content (AvgIpc) is 3.13. The summed E-state index contributed by atoms with van der Waals surface area (Å²) in [4.78, 5) is 3.95. The van der Waals surface area contributed by atoms with Gasteiger partial charge in [-0.15, -0.1) is 0 Å². The van der Waals surface area contributed by atoms with Crippen LogP contribution in [0.4, 0.5) is 0 Å². The van der Waals surface area contributed by atoms with Crippen molar-refractivity contribution >= 4 is 0 Å². The van der Waals surface area contributed by atoms with E-state index in [0.717, 1.165) is 16.9 Å². The molecule has 3 rings (SSSR count). The number of aromatic nitrogens is 3. The monoisotopic (exact) mass is 351 g/mol. The summed E-state index contributed by atoms with van der Waals surface area (Å²) in [6, 6.07) is 18.1. The molecule has 5 nitrogen and oxygen atoms in total. The van der Waals surface area contributed by atoms with Gasteiger partial charge in [-0.1, -0.05) is 63.2 Å².